The van der Waals surface area contributed by atoms with Crippen molar-refractivity contribution in [2.75, 3.05) is 0 Å². The molecular weight excluding hydrogens is 224 g/mol. The van der Waals surface area contributed by atoms with Crippen molar-refractivity contribution in [3.05, 3.63) is 0 Å². The molecule has 0 heterocycles. The lowest BCUT2D eigenvalue weighted by molar-refractivity contribution is -0.147. The van der Waals surface area contributed by atoms with Gasteiger partial charge in [0.15, 0.2) is 0 Å². The Morgan fingerprint density at radius 2 is 1.83 bits per heavy atom. The SMILES string of the molecule is CCC(C)(C)C1CCC2(CCCC2C(=O)O)CC1. The van der Waals surface area contributed by atoms with Crippen molar-refractivity contribution in [2.24, 2.45) is 22.7 Å². The van der Waals surface area contributed by atoms with Crippen LogP contribution in [0, 0.1) is 22.7 Å². The predicted octanol–water partition coefficient (Wildman–Crippen LogP) is 4.48. The van der Waals surface area contributed by atoms with Crippen molar-refractivity contribution >= 4 is 5.97 Å². The van der Waals surface area contributed by atoms with Crippen molar-refractivity contribution < 1.29 is 9.90 Å². The normalized spacial score (nSPS) is 37.1. The summed E-state index contributed by atoms with van der Waals surface area (Å²) < 4.78 is 0. The maximum atomic E-state index is 11.4. The molecule has 2 heteroatoms. The molecule has 2 nitrogen and oxygen atoms in total. The van der Waals surface area contributed by atoms with Crippen LogP contribution < -0.4 is 0 Å². The lowest BCUT2D eigenvalue weighted by Gasteiger charge is -2.45. The molecule has 2 aliphatic carbocycles. The minimum Gasteiger partial charge on any atom is -0.481 e. The molecule has 104 valence electrons. The lowest BCUT2D eigenvalue weighted by Crippen LogP contribution is -2.38. The maximum absolute atomic E-state index is 11.4. The summed E-state index contributed by atoms with van der Waals surface area (Å²) in [5, 5.41) is 9.40. The highest BCUT2D eigenvalue weighted by Gasteiger charge is 2.49. The van der Waals surface area contributed by atoms with Gasteiger partial charge in [-0.05, 0) is 55.3 Å². The highest BCUT2D eigenvalue weighted by molar-refractivity contribution is 5.71. The molecule has 1 atom stereocenters. The molecule has 0 aromatic heterocycles. The summed E-state index contributed by atoms with van der Waals surface area (Å²) in [6.07, 6.45) is 9.21. The van der Waals surface area contributed by atoms with Gasteiger partial charge in [0.05, 0.1) is 5.92 Å². The molecule has 1 N–H and O–H groups in total. The van der Waals surface area contributed by atoms with E-state index in [1.165, 1.54) is 19.3 Å². The molecule has 0 saturated heterocycles. The fraction of sp³-hybridized carbons (Fsp3) is 0.938. The number of aliphatic carboxylic acids is 1. The van der Waals surface area contributed by atoms with Crippen LogP contribution in [0.2, 0.25) is 0 Å². The van der Waals surface area contributed by atoms with E-state index in [0.717, 1.165) is 38.0 Å². The van der Waals surface area contributed by atoms with Crippen LogP contribution in [0.3, 0.4) is 0 Å². The van der Waals surface area contributed by atoms with Crippen LogP contribution >= 0.6 is 0 Å². The second kappa shape index (κ2) is 4.86. The first-order chi connectivity index (χ1) is 8.41. The van der Waals surface area contributed by atoms with E-state index in [1.807, 2.05) is 0 Å². The minimum atomic E-state index is -0.541. The Morgan fingerprint density at radius 1 is 1.22 bits per heavy atom. The quantitative estimate of drug-likeness (QED) is 0.804. The first-order valence-corrected chi connectivity index (χ1v) is 7.64. The van der Waals surface area contributed by atoms with E-state index >= 15 is 0 Å². The number of rotatable bonds is 3. The number of hydrogen-bond acceptors (Lipinski definition) is 1. The Kier molecular flexibility index (Phi) is 3.75. The van der Waals surface area contributed by atoms with Gasteiger partial charge in [-0.3, -0.25) is 4.79 Å². The molecular formula is C16H28O2. The first-order valence-electron chi connectivity index (χ1n) is 7.64. The number of hydrogen-bond donors (Lipinski definition) is 1. The van der Waals surface area contributed by atoms with Crippen LogP contribution in [0.1, 0.15) is 72.1 Å². The largest absolute Gasteiger partial charge is 0.481 e. The second-order valence-corrected chi connectivity index (χ2v) is 7.26. The first kappa shape index (κ1) is 13.9. The molecule has 2 rings (SSSR count). The smallest absolute Gasteiger partial charge is 0.307 e. The summed E-state index contributed by atoms with van der Waals surface area (Å²) in [7, 11) is 0. The summed E-state index contributed by atoms with van der Waals surface area (Å²) in [5.74, 6) is 0.201. The van der Waals surface area contributed by atoms with E-state index in [-0.39, 0.29) is 11.3 Å². The second-order valence-electron chi connectivity index (χ2n) is 7.26. The molecule has 1 spiro atoms. The van der Waals surface area contributed by atoms with Crippen LogP contribution in [0.15, 0.2) is 0 Å². The third-order valence-corrected chi connectivity index (χ3v) is 6.20. The van der Waals surface area contributed by atoms with E-state index in [4.69, 9.17) is 0 Å². The fourth-order valence-corrected chi connectivity index (χ4v) is 4.39. The maximum Gasteiger partial charge on any atom is 0.307 e. The van der Waals surface area contributed by atoms with Gasteiger partial charge in [0.1, 0.15) is 0 Å². The van der Waals surface area contributed by atoms with Crippen LogP contribution in [-0.4, -0.2) is 11.1 Å². The predicted molar refractivity (Wildman–Crippen MR) is 73.4 cm³/mol. The van der Waals surface area contributed by atoms with Crippen molar-refractivity contribution in [3.8, 4) is 0 Å². The molecule has 0 amide bonds. The zero-order chi connectivity index (χ0) is 13.4. The van der Waals surface area contributed by atoms with Crippen LogP contribution in [-0.2, 0) is 4.79 Å². The Labute approximate surface area is 111 Å². The molecule has 0 aromatic carbocycles. The third kappa shape index (κ3) is 2.31. The fourth-order valence-electron chi connectivity index (χ4n) is 4.39. The Bertz CT molecular complexity index is 311. The molecule has 0 aliphatic heterocycles. The van der Waals surface area contributed by atoms with Crippen molar-refractivity contribution in [2.45, 2.75) is 72.1 Å². The van der Waals surface area contributed by atoms with Crippen molar-refractivity contribution in [3.63, 3.8) is 0 Å². The summed E-state index contributed by atoms with van der Waals surface area (Å²) in [4.78, 5) is 11.4. The Balaban J connectivity index is 2.03. The van der Waals surface area contributed by atoms with Crippen LogP contribution in [0.5, 0.6) is 0 Å². The lowest BCUT2D eigenvalue weighted by atomic mass is 9.60. The molecule has 18 heavy (non-hydrogen) atoms. The van der Waals surface area contributed by atoms with Gasteiger partial charge >= 0.3 is 5.97 Å². The van der Waals surface area contributed by atoms with Gasteiger partial charge in [-0.15, -0.1) is 0 Å². The van der Waals surface area contributed by atoms with Crippen LogP contribution in [0.25, 0.3) is 0 Å². The van der Waals surface area contributed by atoms with Crippen molar-refractivity contribution in [1.82, 2.24) is 0 Å². The van der Waals surface area contributed by atoms with E-state index in [9.17, 15) is 9.90 Å². The number of carboxylic acids is 1. The number of carbonyl (C=O) groups is 1. The van der Waals surface area contributed by atoms with Crippen molar-refractivity contribution in [1.29, 1.82) is 0 Å². The van der Waals surface area contributed by atoms with E-state index in [2.05, 4.69) is 20.8 Å². The third-order valence-electron chi connectivity index (χ3n) is 6.20. The monoisotopic (exact) mass is 252 g/mol. The zero-order valence-electron chi connectivity index (χ0n) is 12.2. The summed E-state index contributed by atoms with van der Waals surface area (Å²) in [6, 6.07) is 0. The molecule has 1 unspecified atom stereocenters. The highest BCUT2D eigenvalue weighted by atomic mass is 16.4. The molecule has 2 saturated carbocycles. The average molecular weight is 252 g/mol. The van der Waals surface area contributed by atoms with Gasteiger partial charge in [-0.1, -0.05) is 33.6 Å². The van der Waals surface area contributed by atoms with E-state index in [0.29, 0.717) is 5.41 Å². The molecule has 0 radical (unpaired) electrons. The molecule has 2 aliphatic rings. The Morgan fingerprint density at radius 3 is 2.33 bits per heavy atom. The molecule has 0 bridgehead atoms. The van der Waals surface area contributed by atoms with E-state index in [1.54, 1.807) is 0 Å². The minimum absolute atomic E-state index is 0.0526. The van der Waals surface area contributed by atoms with Gasteiger partial charge in [0.25, 0.3) is 0 Å². The molecule has 2 fully saturated rings. The standard InChI is InChI=1S/C16H28O2/c1-4-15(2,3)12-7-10-16(11-8-12)9-5-6-13(16)14(17)18/h12-13H,4-11H2,1-3H3,(H,17,18). The van der Waals surface area contributed by atoms with Gasteiger partial charge < -0.3 is 5.11 Å². The van der Waals surface area contributed by atoms with E-state index < -0.39 is 5.97 Å². The molecule has 0 aromatic rings. The van der Waals surface area contributed by atoms with Crippen LogP contribution in [0.4, 0.5) is 0 Å². The average Bonchev–Trinajstić information content (AvgIpc) is 2.73. The van der Waals surface area contributed by atoms with Gasteiger partial charge in [-0.25, -0.2) is 0 Å². The van der Waals surface area contributed by atoms with Gasteiger partial charge in [0.2, 0.25) is 0 Å². The summed E-state index contributed by atoms with van der Waals surface area (Å²) in [6.45, 7) is 7.03. The highest BCUT2D eigenvalue weighted by Crippen LogP contribution is 2.56. The topological polar surface area (TPSA) is 37.3 Å². The van der Waals surface area contributed by atoms with Gasteiger partial charge in [0, 0.05) is 0 Å². The Hall–Kier alpha value is -0.530. The summed E-state index contributed by atoms with van der Waals surface area (Å²) >= 11 is 0. The van der Waals surface area contributed by atoms with Gasteiger partial charge in [-0.2, -0.15) is 0 Å². The zero-order valence-corrected chi connectivity index (χ0v) is 12.2. The summed E-state index contributed by atoms with van der Waals surface area (Å²) in [5.41, 5.74) is 0.588. The number of carboxylic acid groups (broad SMARTS) is 1.